The molecule has 1 amide bonds. The van der Waals surface area contributed by atoms with Gasteiger partial charge in [0.05, 0.1) is 5.39 Å². The second kappa shape index (κ2) is 7.68. The number of benzene rings is 1. The van der Waals surface area contributed by atoms with E-state index in [9.17, 15) is 19.5 Å². The zero-order valence-electron chi connectivity index (χ0n) is 14.8. The largest absolute Gasteiger partial charge is 0.476 e. The molecule has 7 nitrogen and oxygen atoms in total. The number of carbonyl (C=O) groups is 2. The molecule has 1 heterocycles. The summed E-state index contributed by atoms with van der Waals surface area (Å²) in [5.41, 5.74) is -0.696. The highest BCUT2D eigenvalue weighted by Gasteiger charge is 2.23. The van der Waals surface area contributed by atoms with Crippen LogP contribution in [0.1, 0.15) is 55.6 Å². The summed E-state index contributed by atoms with van der Waals surface area (Å²) in [6.45, 7) is 2.14. The van der Waals surface area contributed by atoms with Gasteiger partial charge in [-0.1, -0.05) is 37.5 Å². The third kappa shape index (κ3) is 3.61. The second-order valence-corrected chi connectivity index (χ2v) is 6.87. The fourth-order valence-corrected chi connectivity index (χ4v) is 3.52. The molecule has 138 valence electrons. The molecule has 26 heavy (non-hydrogen) atoms. The summed E-state index contributed by atoms with van der Waals surface area (Å²) in [6.07, 6.45) is 5.82. The first kappa shape index (κ1) is 18.1. The van der Waals surface area contributed by atoms with E-state index in [1.807, 2.05) is 0 Å². The monoisotopic (exact) mass is 357 g/mol. The summed E-state index contributed by atoms with van der Waals surface area (Å²) in [5.74, 6) is -1.09. The highest BCUT2D eigenvalue weighted by atomic mass is 16.4. The average molecular weight is 357 g/mol. The molecule has 0 aliphatic heterocycles. The Morgan fingerprint density at radius 3 is 2.54 bits per heavy atom. The summed E-state index contributed by atoms with van der Waals surface area (Å²) in [7, 11) is 0. The highest BCUT2D eigenvalue weighted by Crippen LogP contribution is 2.23. The number of nitrogens with one attached hydrogen (secondary N) is 1. The molecule has 1 aromatic carbocycles. The summed E-state index contributed by atoms with van der Waals surface area (Å²) in [6, 6.07) is 5.53. The van der Waals surface area contributed by atoms with E-state index in [4.69, 9.17) is 0 Å². The van der Waals surface area contributed by atoms with Crippen LogP contribution >= 0.6 is 0 Å². The molecule has 2 N–H and O–H groups in total. The number of hydrogen-bond donors (Lipinski definition) is 2. The number of fused-ring (bicyclic) bond motifs is 1. The number of rotatable bonds is 5. The number of carboxylic acid groups (broad SMARTS) is 1. The van der Waals surface area contributed by atoms with Crippen LogP contribution in [0.15, 0.2) is 29.1 Å². The first-order valence-corrected chi connectivity index (χ1v) is 9.01. The van der Waals surface area contributed by atoms with Crippen LogP contribution in [-0.2, 0) is 4.79 Å². The summed E-state index contributed by atoms with van der Waals surface area (Å²) < 4.78 is 0.974. The minimum atomic E-state index is -1.23. The summed E-state index contributed by atoms with van der Waals surface area (Å²) in [4.78, 5) is 36.7. The minimum Gasteiger partial charge on any atom is -0.476 e. The Kier molecular flexibility index (Phi) is 5.35. The second-order valence-electron chi connectivity index (χ2n) is 6.87. The van der Waals surface area contributed by atoms with Crippen molar-refractivity contribution in [2.75, 3.05) is 6.54 Å². The van der Waals surface area contributed by atoms with E-state index in [0.717, 1.165) is 17.5 Å². The number of hydrogen-bond acceptors (Lipinski definition) is 4. The number of nitrogens with zero attached hydrogens (tertiary/aromatic N) is 2. The average Bonchev–Trinajstić information content (AvgIpc) is 2.66. The van der Waals surface area contributed by atoms with Crippen LogP contribution in [0.5, 0.6) is 0 Å². The lowest BCUT2D eigenvalue weighted by Gasteiger charge is -2.23. The van der Waals surface area contributed by atoms with Gasteiger partial charge in [0, 0.05) is 11.9 Å². The van der Waals surface area contributed by atoms with Crippen LogP contribution in [0.3, 0.4) is 0 Å². The summed E-state index contributed by atoms with van der Waals surface area (Å²) in [5, 5.41) is 16.8. The van der Waals surface area contributed by atoms with Crippen LogP contribution in [0, 0.1) is 5.92 Å². The van der Waals surface area contributed by atoms with Crippen molar-refractivity contribution < 1.29 is 14.7 Å². The van der Waals surface area contributed by atoms with E-state index >= 15 is 0 Å². The molecule has 1 saturated carbocycles. The third-order valence-corrected chi connectivity index (χ3v) is 5.07. The van der Waals surface area contributed by atoms with Gasteiger partial charge in [-0.15, -0.1) is 0 Å². The van der Waals surface area contributed by atoms with Gasteiger partial charge in [-0.2, -0.15) is 5.10 Å². The van der Waals surface area contributed by atoms with Gasteiger partial charge < -0.3 is 10.4 Å². The first-order valence-electron chi connectivity index (χ1n) is 9.01. The van der Waals surface area contributed by atoms with Crippen molar-refractivity contribution >= 4 is 22.6 Å². The molecule has 1 aromatic heterocycles. The molecule has 1 atom stereocenters. The molecule has 3 rings (SSSR count). The molecule has 0 bridgehead atoms. The molecule has 0 unspecified atom stereocenters. The first-order chi connectivity index (χ1) is 12.5. The van der Waals surface area contributed by atoms with Gasteiger partial charge in [-0.3, -0.25) is 9.59 Å². The predicted octanol–water partition coefficient (Wildman–Crippen LogP) is 2.35. The van der Waals surface area contributed by atoms with Crippen LogP contribution in [0.4, 0.5) is 0 Å². The Hall–Kier alpha value is -2.70. The van der Waals surface area contributed by atoms with Crippen LogP contribution in [0.2, 0.25) is 0 Å². The quantitative estimate of drug-likeness (QED) is 0.855. The molecule has 0 saturated heterocycles. The standard InChI is InChI=1S/C19H23N3O4/c1-12(17(23)20-11-13-7-3-2-4-8-13)22-18(24)15-10-6-5-9-14(15)16(21-22)19(25)26/h5-6,9-10,12-13H,2-4,7-8,11H2,1H3,(H,20,23)(H,25,26)/t12-/m1/s1. The smallest absolute Gasteiger partial charge is 0.357 e. The molecule has 2 aromatic rings. The molecule has 1 aliphatic carbocycles. The van der Waals surface area contributed by atoms with Crippen molar-refractivity contribution in [1.29, 1.82) is 0 Å². The Labute approximate surface area is 151 Å². The number of carboxylic acids is 1. The molecule has 1 aliphatic rings. The lowest BCUT2D eigenvalue weighted by atomic mass is 9.89. The third-order valence-electron chi connectivity index (χ3n) is 5.07. The van der Waals surface area contributed by atoms with Crippen LogP contribution in [-0.4, -0.2) is 33.3 Å². The zero-order valence-corrected chi connectivity index (χ0v) is 14.8. The van der Waals surface area contributed by atoms with Gasteiger partial charge in [-0.05, 0) is 31.7 Å². The molecule has 1 fully saturated rings. The van der Waals surface area contributed by atoms with Crippen molar-refractivity contribution in [3.8, 4) is 0 Å². The maximum absolute atomic E-state index is 12.7. The van der Waals surface area contributed by atoms with Crippen molar-refractivity contribution in [3.05, 3.63) is 40.3 Å². The van der Waals surface area contributed by atoms with Gasteiger partial charge in [0.15, 0.2) is 5.69 Å². The number of aromatic carboxylic acids is 1. The van der Waals surface area contributed by atoms with E-state index in [1.165, 1.54) is 19.3 Å². The zero-order chi connectivity index (χ0) is 18.7. The number of carbonyl (C=O) groups excluding carboxylic acids is 1. The van der Waals surface area contributed by atoms with Gasteiger partial charge >= 0.3 is 5.97 Å². The van der Waals surface area contributed by atoms with E-state index < -0.39 is 17.6 Å². The van der Waals surface area contributed by atoms with Crippen LogP contribution in [0.25, 0.3) is 10.8 Å². The van der Waals surface area contributed by atoms with E-state index in [0.29, 0.717) is 12.5 Å². The predicted molar refractivity (Wildman–Crippen MR) is 97.3 cm³/mol. The Morgan fingerprint density at radius 2 is 1.88 bits per heavy atom. The van der Waals surface area contributed by atoms with Gasteiger partial charge in [0.25, 0.3) is 5.56 Å². The Balaban J connectivity index is 1.86. The normalized spacial score (nSPS) is 16.3. The Bertz CT molecular complexity index is 884. The lowest BCUT2D eigenvalue weighted by molar-refractivity contribution is -0.124. The molecular formula is C19H23N3O4. The van der Waals surface area contributed by atoms with Crippen molar-refractivity contribution in [1.82, 2.24) is 15.1 Å². The highest BCUT2D eigenvalue weighted by molar-refractivity contribution is 6.01. The lowest BCUT2D eigenvalue weighted by Crippen LogP contribution is -2.39. The number of aromatic nitrogens is 2. The van der Waals surface area contributed by atoms with Crippen LogP contribution < -0.4 is 10.9 Å². The molecule has 0 radical (unpaired) electrons. The number of amides is 1. The van der Waals surface area contributed by atoms with Crippen molar-refractivity contribution in [2.24, 2.45) is 5.92 Å². The van der Waals surface area contributed by atoms with Gasteiger partial charge in [0.2, 0.25) is 5.91 Å². The minimum absolute atomic E-state index is 0.230. The topological polar surface area (TPSA) is 101 Å². The van der Waals surface area contributed by atoms with Gasteiger partial charge in [-0.25, -0.2) is 9.48 Å². The van der Waals surface area contributed by atoms with E-state index in [1.54, 1.807) is 31.2 Å². The molecule has 7 heteroatoms. The van der Waals surface area contributed by atoms with E-state index in [-0.39, 0.29) is 22.4 Å². The fourth-order valence-electron chi connectivity index (χ4n) is 3.52. The maximum Gasteiger partial charge on any atom is 0.357 e. The maximum atomic E-state index is 12.7. The van der Waals surface area contributed by atoms with Crippen molar-refractivity contribution in [2.45, 2.75) is 45.1 Å². The summed E-state index contributed by atoms with van der Waals surface area (Å²) >= 11 is 0. The Morgan fingerprint density at radius 1 is 1.23 bits per heavy atom. The van der Waals surface area contributed by atoms with Gasteiger partial charge in [0.1, 0.15) is 6.04 Å². The molecular weight excluding hydrogens is 334 g/mol. The SMILES string of the molecule is C[C@H](C(=O)NCC1CCCCC1)n1nc(C(=O)O)c2ccccc2c1=O. The van der Waals surface area contributed by atoms with Crippen molar-refractivity contribution in [3.63, 3.8) is 0 Å². The fraction of sp³-hybridized carbons (Fsp3) is 0.474. The molecule has 0 spiro atoms. The van der Waals surface area contributed by atoms with E-state index in [2.05, 4.69) is 10.4 Å².